The molecule has 1 aliphatic carbocycles. The van der Waals surface area contributed by atoms with Crippen molar-refractivity contribution >= 4 is 5.95 Å². The van der Waals surface area contributed by atoms with Crippen molar-refractivity contribution in [2.75, 3.05) is 12.4 Å². The molecule has 5 heteroatoms. The minimum atomic E-state index is 0.425. The Bertz CT molecular complexity index is 333. The largest absolute Gasteiger partial charge is 0.381 e. The van der Waals surface area contributed by atoms with Crippen LogP contribution in [0.4, 0.5) is 5.95 Å². The van der Waals surface area contributed by atoms with E-state index in [-0.39, 0.29) is 0 Å². The van der Waals surface area contributed by atoms with Gasteiger partial charge in [0.25, 0.3) is 0 Å². The van der Waals surface area contributed by atoms with E-state index in [2.05, 4.69) is 15.3 Å². The van der Waals surface area contributed by atoms with Gasteiger partial charge in [0.2, 0.25) is 5.95 Å². The van der Waals surface area contributed by atoms with E-state index >= 15 is 0 Å². The van der Waals surface area contributed by atoms with Crippen molar-refractivity contribution in [3.8, 4) is 0 Å². The molecule has 2 rings (SSSR count). The fraction of sp³-hybridized carbons (Fsp3) is 0.667. The van der Waals surface area contributed by atoms with Gasteiger partial charge >= 0.3 is 0 Å². The molecule has 0 atom stereocenters. The van der Waals surface area contributed by atoms with Gasteiger partial charge in [-0.05, 0) is 25.7 Å². The summed E-state index contributed by atoms with van der Waals surface area (Å²) in [6.45, 7) is 0.485. The lowest BCUT2D eigenvalue weighted by Gasteiger charge is -2.28. The van der Waals surface area contributed by atoms with Gasteiger partial charge in [-0.1, -0.05) is 0 Å². The predicted octanol–water partition coefficient (Wildman–Crippen LogP) is 1.30. The summed E-state index contributed by atoms with van der Waals surface area (Å²) >= 11 is 0. The van der Waals surface area contributed by atoms with Crippen molar-refractivity contribution in [3.05, 3.63) is 18.0 Å². The van der Waals surface area contributed by atoms with Gasteiger partial charge in [-0.2, -0.15) is 0 Å². The van der Waals surface area contributed by atoms with Crippen LogP contribution in [0, 0.1) is 0 Å². The first kappa shape index (κ1) is 12.3. The smallest absolute Gasteiger partial charge is 0.222 e. The van der Waals surface area contributed by atoms with Crippen LogP contribution in [0.2, 0.25) is 0 Å². The molecule has 3 N–H and O–H groups in total. The third kappa shape index (κ3) is 3.38. The molecule has 94 valence electrons. The number of aromatic nitrogens is 2. The zero-order valence-corrected chi connectivity index (χ0v) is 10.2. The summed E-state index contributed by atoms with van der Waals surface area (Å²) in [5, 5.41) is 3.36. The van der Waals surface area contributed by atoms with E-state index in [0.717, 1.165) is 31.2 Å². The average Bonchev–Trinajstić information content (AvgIpc) is 2.40. The number of nitrogens with zero attached hydrogens (tertiary/aromatic N) is 2. The minimum absolute atomic E-state index is 0.425. The molecule has 5 nitrogen and oxygen atoms in total. The normalized spacial score (nSPS) is 24.6. The average molecular weight is 236 g/mol. The second-order valence-corrected chi connectivity index (χ2v) is 4.47. The minimum Gasteiger partial charge on any atom is -0.381 e. The lowest BCUT2D eigenvalue weighted by Crippen LogP contribution is -2.29. The SMILES string of the molecule is COC1CCC(Nc2ncc(CN)cn2)CC1. The van der Waals surface area contributed by atoms with Gasteiger partial charge < -0.3 is 15.8 Å². The van der Waals surface area contributed by atoms with Gasteiger partial charge in [0.1, 0.15) is 0 Å². The third-order valence-corrected chi connectivity index (χ3v) is 3.28. The number of ether oxygens (including phenoxy) is 1. The van der Waals surface area contributed by atoms with Crippen LogP contribution in [-0.4, -0.2) is 29.2 Å². The highest BCUT2D eigenvalue weighted by Crippen LogP contribution is 2.22. The molecule has 0 spiro atoms. The van der Waals surface area contributed by atoms with E-state index in [4.69, 9.17) is 10.5 Å². The molecule has 0 aliphatic heterocycles. The standard InChI is InChI=1S/C12H20N4O/c1-17-11-4-2-10(3-5-11)16-12-14-7-9(6-13)8-15-12/h7-8,10-11H,2-6,13H2,1H3,(H,14,15,16). The summed E-state index contributed by atoms with van der Waals surface area (Å²) in [4.78, 5) is 8.50. The first-order valence-electron chi connectivity index (χ1n) is 6.12. The molecule has 1 heterocycles. The summed E-state index contributed by atoms with van der Waals surface area (Å²) < 4.78 is 5.35. The molecular weight excluding hydrogens is 216 g/mol. The molecule has 1 saturated carbocycles. The van der Waals surface area contributed by atoms with Crippen LogP contribution in [0.25, 0.3) is 0 Å². The van der Waals surface area contributed by atoms with E-state index < -0.39 is 0 Å². The summed E-state index contributed by atoms with van der Waals surface area (Å²) in [6.07, 6.45) is 8.41. The molecular formula is C12H20N4O. The molecule has 0 radical (unpaired) electrons. The highest BCUT2D eigenvalue weighted by Gasteiger charge is 2.20. The van der Waals surface area contributed by atoms with Crippen LogP contribution in [0.5, 0.6) is 0 Å². The Hall–Kier alpha value is -1.20. The Kier molecular flexibility index (Phi) is 4.28. The van der Waals surface area contributed by atoms with Crippen molar-refractivity contribution in [1.29, 1.82) is 0 Å². The van der Waals surface area contributed by atoms with Gasteiger partial charge in [0, 0.05) is 37.7 Å². The molecule has 1 aliphatic rings. The summed E-state index contributed by atoms with van der Waals surface area (Å²) in [6, 6.07) is 0.463. The second-order valence-electron chi connectivity index (χ2n) is 4.47. The van der Waals surface area contributed by atoms with Crippen LogP contribution < -0.4 is 11.1 Å². The Morgan fingerprint density at radius 1 is 1.29 bits per heavy atom. The fourth-order valence-corrected chi connectivity index (χ4v) is 2.16. The van der Waals surface area contributed by atoms with Gasteiger partial charge in [-0.15, -0.1) is 0 Å². The van der Waals surface area contributed by atoms with E-state index in [9.17, 15) is 0 Å². The lowest BCUT2D eigenvalue weighted by atomic mass is 9.93. The van der Waals surface area contributed by atoms with E-state index in [1.54, 1.807) is 19.5 Å². The number of nitrogens with one attached hydrogen (secondary N) is 1. The predicted molar refractivity (Wildman–Crippen MR) is 66.6 cm³/mol. The molecule has 1 fully saturated rings. The van der Waals surface area contributed by atoms with E-state index in [0.29, 0.717) is 24.6 Å². The number of anilines is 1. The molecule has 1 aromatic rings. The zero-order valence-electron chi connectivity index (χ0n) is 10.2. The van der Waals surface area contributed by atoms with Crippen molar-refractivity contribution in [2.24, 2.45) is 5.73 Å². The van der Waals surface area contributed by atoms with E-state index in [1.165, 1.54) is 0 Å². The maximum Gasteiger partial charge on any atom is 0.222 e. The second kappa shape index (κ2) is 5.93. The zero-order chi connectivity index (χ0) is 12.1. The first-order chi connectivity index (χ1) is 8.31. The van der Waals surface area contributed by atoms with Crippen molar-refractivity contribution < 1.29 is 4.74 Å². The number of hydrogen-bond donors (Lipinski definition) is 2. The van der Waals surface area contributed by atoms with Gasteiger partial charge in [-0.25, -0.2) is 9.97 Å². The molecule has 0 amide bonds. The fourth-order valence-electron chi connectivity index (χ4n) is 2.16. The third-order valence-electron chi connectivity index (χ3n) is 3.28. The van der Waals surface area contributed by atoms with Crippen molar-refractivity contribution in [1.82, 2.24) is 9.97 Å². The Morgan fingerprint density at radius 3 is 2.47 bits per heavy atom. The van der Waals surface area contributed by atoms with Gasteiger partial charge in [-0.3, -0.25) is 0 Å². The first-order valence-corrected chi connectivity index (χ1v) is 6.12. The molecule has 17 heavy (non-hydrogen) atoms. The summed E-state index contributed by atoms with van der Waals surface area (Å²) in [5.74, 6) is 0.697. The number of nitrogens with two attached hydrogens (primary N) is 1. The Balaban J connectivity index is 1.84. The Labute approximate surface area is 102 Å². The molecule has 0 aromatic carbocycles. The van der Waals surface area contributed by atoms with Crippen LogP contribution >= 0.6 is 0 Å². The van der Waals surface area contributed by atoms with Crippen molar-refractivity contribution in [3.63, 3.8) is 0 Å². The topological polar surface area (TPSA) is 73.1 Å². The van der Waals surface area contributed by atoms with Crippen LogP contribution in [0.1, 0.15) is 31.2 Å². The molecule has 0 saturated heterocycles. The highest BCUT2D eigenvalue weighted by atomic mass is 16.5. The summed E-state index contributed by atoms with van der Waals surface area (Å²) in [7, 11) is 1.78. The molecule has 1 aromatic heterocycles. The maximum absolute atomic E-state index is 5.50. The number of methoxy groups -OCH3 is 1. The Morgan fingerprint density at radius 2 is 1.94 bits per heavy atom. The number of rotatable bonds is 4. The number of hydrogen-bond acceptors (Lipinski definition) is 5. The maximum atomic E-state index is 5.50. The van der Waals surface area contributed by atoms with Crippen LogP contribution in [-0.2, 0) is 11.3 Å². The van der Waals surface area contributed by atoms with Gasteiger partial charge in [0.05, 0.1) is 6.10 Å². The highest BCUT2D eigenvalue weighted by molar-refractivity contribution is 5.26. The monoisotopic (exact) mass is 236 g/mol. The van der Waals surface area contributed by atoms with E-state index in [1.807, 2.05) is 0 Å². The molecule has 0 unspecified atom stereocenters. The lowest BCUT2D eigenvalue weighted by molar-refractivity contribution is 0.0681. The quantitative estimate of drug-likeness (QED) is 0.824. The van der Waals surface area contributed by atoms with Crippen LogP contribution in [0.15, 0.2) is 12.4 Å². The van der Waals surface area contributed by atoms with Crippen molar-refractivity contribution in [2.45, 2.75) is 44.4 Å². The van der Waals surface area contributed by atoms with Gasteiger partial charge in [0.15, 0.2) is 0 Å². The van der Waals surface area contributed by atoms with Crippen LogP contribution in [0.3, 0.4) is 0 Å². The summed E-state index contributed by atoms with van der Waals surface area (Å²) in [5.41, 5.74) is 6.46. The molecule has 0 bridgehead atoms.